The van der Waals surface area contributed by atoms with Gasteiger partial charge in [-0.3, -0.25) is 10.1 Å². The Morgan fingerprint density at radius 1 is 0.920 bits per heavy atom. The quantitative estimate of drug-likeness (QED) is 0.607. The topological polar surface area (TPSA) is 68.0 Å². The summed E-state index contributed by atoms with van der Waals surface area (Å²) in [5.74, 6) is -0.633. The minimum Gasteiger partial charge on any atom is -0.403 e. The van der Waals surface area contributed by atoms with Crippen molar-refractivity contribution in [1.29, 1.82) is 0 Å². The van der Waals surface area contributed by atoms with E-state index in [0.29, 0.717) is 11.1 Å². The molecule has 0 bridgehead atoms. The Labute approximate surface area is 142 Å². The Hall–Kier alpha value is -3.54. The zero-order chi connectivity index (χ0) is 17.2. The van der Waals surface area contributed by atoms with E-state index in [4.69, 9.17) is 4.42 Å². The zero-order valence-electron chi connectivity index (χ0n) is 12.9. The number of carbonyl (C=O) groups excluding carboxylic acids is 1. The maximum Gasteiger partial charge on any atom is 0.322 e. The van der Waals surface area contributed by atoms with Crippen LogP contribution in [0.15, 0.2) is 71.1 Å². The predicted molar refractivity (Wildman–Crippen MR) is 91.6 cm³/mol. The largest absolute Gasteiger partial charge is 0.403 e. The number of aromatic nitrogens is 2. The predicted octanol–water partition coefficient (Wildman–Crippen LogP) is 4.28. The highest BCUT2D eigenvalue weighted by atomic mass is 19.1. The number of carbonyl (C=O) groups is 1. The Morgan fingerprint density at radius 3 is 2.60 bits per heavy atom. The van der Waals surface area contributed by atoms with Gasteiger partial charge in [-0.05, 0) is 41.1 Å². The van der Waals surface area contributed by atoms with Crippen molar-refractivity contribution in [3.63, 3.8) is 0 Å². The summed E-state index contributed by atoms with van der Waals surface area (Å²) in [5, 5.41) is 12.2. The van der Waals surface area contributed by atoms with E-state index >= 15 is 0 Å². The molecule has 0 saturated carbocycles. The van der Waals surface area contributed by atoms with Crippen LogP contribution >= 0.6 is 0 Å². The lowest BCUT2D eigenvalue weighted by Gasteiger charge is -2.03. The minimum atomic E-state index is -0.405. The van der Waals surface area contributed by atoms with Gasteiger partial charge >= 0.3 is 6.01 Å². The molecule has 0 atom stereocenters. The second kappa shape index (κ2) is 6.16. The summed E-state index contributed by atoms with van der Waals surface area (Å²) in [5.41, 5.74) is 0.919. The molecule has 5 nitrogen and oxygen atoms in total. The molecule has 1 amide bonds. The minimum absolute atomic E-state index is 0.0441. The van der Waals surface area contributed by atoms with Crippen LogP contribution in [0.5, 0.6) is 0 Å². The van der Waals surface area contributed by atoms with Crippen molar-refractivity contribution < 1.29 is 13.6 Å². The third kappa shape index (κ3) is 3.10. The molecule has 0 aliphatic heterocycles. The molecule has 0 unspecified atom stereocenters. The van der Waals surface area contributed by atoms with Gasteiger partial charge in [0.15, 0.2) is 0 Å². The maximum atomic E-state index is 13.3. The van der Waals surface area contributed by atoms with Crippen molar-refractivity contribution in [3.05, 3.63) is 78.1 Å². The summed E-state index contributed by atoms with van der Waals surface area (Å²) < 4.78 is 18.6. The maximum absolute atomic E-state index is 13.3. The highest BCUT2D eigenvalue weighted by molar-refractivity contribution is 6.05. The van der Waals surface area contributed by atoms with Gasteiger partial charge in [-0.1, -0.05) is 41.5 Å². The van der Waals surface area contributed by atoms with Gasteiger partial charge in [0.25, 0.3) is 5.91 Å². The number of amides is 1. The SMILES string of the molecule is O=C(Nc1nnc(-c2cccc(F)c2)o1)c1ccc2ccccc2c1. The smallest absolute Gasteiger partial charge is 0.322 e. The number of halogens is 1. The van der Waals surface area contributed by atoms with E-state index in [2.05, 4.69) is 15.5 Å². The molecule has 3 aromatic carbocycles. The average Bonchev–Trinajstić information content (AvgIpc) is 3.10. The van der Waals surface area contributed by atoms with Crippen LogP contribution in [0.4, 0.5) is 10.4 Å². The first-order valence-corrected chi connectivity index (χ1v) is 7.59. The number of anilines is 1. The van der Waals surface area contributed by atoms with Crippen LogP contribution in [-0.2, 0) is 0 Å². The van der Waals surface area contributed by atoms with E-state index in [1.807, 2.05) is 30.3 Å². The van der Waals surface area contributed by atoms with Crippen molar-refractivity contribution >= 4 is 22.7 Å². The van der Waals surface area contributed by atoms with Crippen molar-refractivity contribution in [1.82, 2.24) is 10.2 Å². The highest BCUT2D eigenvalue weighted by Gasteiger charge is 2.13. The van der Waals surface area contributed by atoms with E-state index in [9.17, 15) is 9.18 Å². The first kappa shape index (κ1) is 15.0. The summed E-state index contributed by atoms with van der Waals surface area (Å²) in [6.07, 6.45) is 0. The Bertz CT molecular complexity index is 1070. The molecule has 0 spiro atoms. The molecule has 25 heavy (non-hydrogen) atoms. The molecule has 0 fully saturated rings. The number of benzene rings is 3. The Balaban J connectivity index is 1.56. The van der Waals surface area contributed by atoms with Gasteiger partial charge in [0.1, 0.15) is 5.82 Å². The number of fused-ring (bicyclic) bond motifs is 1. The van der Waals surface area contributed by atoms with Crippen molar-refractivity contribution in [3.8, 4) is 11.5 Å². The van der Waals surface area contributed by atoms with E-state index in [-0.39, 0.29) is 17.8 Å². The molecule has 0 aliphatic carbocycles. The van der Waals surface area contributed by atoms with E-state index < -0.39 is 5.82 Å². The zero-order valence-corrected chi connectivity index (χ0v) is 12.9. The molecule has 0 aliphatic rings. The second-order valence-corrected chi connectivity index (χ2v) is 5.44. The van der Waals surface area contributed by atoms with Crippen LogP contribution in [0.1, 0.15) is 10.4 Å². The first-order chi connectivity index (χ1) is 12.2. The van der Waals surface area contributed by atoms with Gasteiger partial charge in [0.05, 0.1) is 0 Å². The summed E-state index contributed by atoms with van der Waals surface area (Å²) in [7, 11) is 0. The second-order valence-electron chi connectivity index (χ2n) is 5.44. The molecular weight excluding hydrogens is 321 g/mol. The van der Waals surface area contributed by atoms with Gasteiger partial charge in [-0.25, -0.2) is 4.39 Å². The molecule has 1 heterocycles. The van der Waals surface area contributed by atoms with Crippen molar-refractivity contribution in [2.45, 2.75) is 0 Å². The fourth-order valence-corrected chi connectivity index (χ4v) is 2.51. The number of hydrogen-bond acceptors (Lipinski definition) is 4. The van der Waals surface area contributed by atoms with Crippen LogP contribution in [0.2, 0.25) is 0 Å². The number of hydrogen-bond donors (Lipinski definition) is 1. The van der Waals surface area contributed by atoms with Crippen molar-refractivity contribution in [2.75, 3.05) is 5.32 Å². The third-order valence-electron chi connectivity index (χ3n) is 3.73. The third-order valence-corrected chi connectivity index (χ3v) is 3.73. The molecule has 1 aromatic heterocycles. The van der Waals surface area contributed by atoms with Gasteiger partial charge in [-0.2, -0.15) is 0 Å². The van der Waals surface area contributed by atoms with Gasteiger partial charge in [0.2, 0.25) is 5.89 Å². The monoisotopic (exact) mass is 333 g/mol. The lowest BCUT2D eigenvalue weighted by molar-refractivity contribution is 0.102. The Morgan fingerprint density at radius 2 is 1.76 bits per heavy atom. The number of nitrogens with one attached hydrogen (secondary N) is 1. The molecular formula is C19H12FN3O2. The summed E-state index contributed by atoms with van der Waals surface area (Å²) in [6, 6.07) is 18.9. The van der Waals surface area contributed by atoms with Crippen molar-refractivity contribution in [2.24, 2.45) is 0 Å². The van der Waals surface area contributed by atoms with E-state index in [0.717, 1.165) is 10.8 Å². The van der Waals surface area contributed by atoms with Gasteiger partial charge < -0.3 is 4.42 Å². The molecule has 4 aromatic rings. The van der Waals surface area contributed by atoms with Crippen LogP contribution in [0, 0.1) is 5.82 Å². The van der Waals surface area contributed by atoms with Gasteiger partial charge in [-0.15, -0.1) is 5.10 Å². The molecule has 0 saturated heterocycles. The molecule has 6 heteroatoms. The van der Waals surface area contributed by atoms with Gasteiger partial charge in [0, 0.05) is 11.1 Å². The average molecular weight is 333 g/mol. The molecule has 4 rings (SSSR count). The normalized spacial score (nSPS) is 10.8. The van der Waals surface area contributed by atoms with Crippen LogP contribution in [0.25, 0.3) is 22.2 Å². The molecule has 0 radical (unpaired) electrons. The van der Waals surface area contributed by atoms with Crippen LogP contribution in [0.3, 0.4) is 0 Å². The van der Waals surface area contributed by atoms with Crippen LogP contribution in [-0.4, -0.2) is 16.1 Å². The fourth-order valence-electron chi connectivity index (χ4n) is 2.51. The van der Waals surface area contributed by atoms with E-state index in [1.54, 1.807) is 24.3 Å². The summed E-state index contributed by atoms with van der Waals surface area (Å²) in [4.78, 5) is 12.4. The lowest BCUT2D eigenvalue weighted by Crippen LogP contribution is -2.12. The van der Waals surface area contributed by atoms with Crippen LogP contribution < -0.4 is 5.32 Å². The summed E-state index contributed by atoms with van der Waals surface area (Å²) in [6.45, 7) is 0. The molecule has 122 valence electrons. The standard InChI is InChI=1S/C19H12FN3O2/c20-16-7-3-6-15(11-16)18-22-23-19(25-18)21-17(24)14-9-8-12-4-1-2-5-13(12)10-14/h1-11H,(H,21,23,24). The fraction of sp³-hybridized carbons (Fsp3) is 0. The number of rotatable bonds is 3. The molecule has 1 N–H and O–H groups in total. The Kier molecular flexibility index (Phi) is 3.70. The summed E-state index contributed by atoms with van der Waals surface area (Å²) >= 11 is 0. The lowest BCUT2D eigenvalue weighted by atomic mass is 10.1. The number of nitrogens with zero attached hydrogens (tertiary/aromatic N) is 2. The van der Waals surface area contributed by atoms with E-state index in [1.165, 1.54) is 12.1 Å². The highest BCUT2D eigenvalue weighted by Crippen LogP contribution is 2.21. The first-order valence-electron chi connectivity index (χ1n) is 7.59.